The second-order valence-electron chi connectivity index (χ2n) is 14.6. The van der Waals surface area contributed by atoms with Gasteiger partial charge in [-0.2, -0.15) is 26.3 Å². The van der Waals surface area contributed by atoms with E-state index in [-0.39, 0.29) is 34.3 Å². The number of rotatable bonds is 14. The number of aryl methyl sites for hydroxylation is 1. The minimum atomic E-state index is -4.88. The van der Waals surface area contributed by atoms with Gasteiger partial charge in [-0.1, -0.05) is 31.9 Å². The molecule has 1 heterocycles. The van der Waals surface area contributed by atoms with Gasteiger partial charge < -0.3 is 25.4 Å². The van der Waals surface area contributed by atoms with E-state index in [0.29, 0.717) is 12.0 Å². The number of fused-ring (bicyclic) bond motifs is 1. The van der Waals surface area contributed by atoms with E-state index in [9.17, 15) is 35.9 Å². The van der Waals surface area contributed by atoms with E-state index >= 15 is 0 Å². The summed E-state index contributed by atoms with van der Waals surface area (Å²) in [5, 5.41) is 0.223. The highest BCUT2D eigenvalue weighted by Crippen LogP contribution is 2.42. The topological polar surface area (TPSA) is 118 Å². The second kappa shape index (κ2) is 14.3. The molecule has 0 aliphatic carbocycles. The van der Waals surface area contributed by atoms with Gasteiger partial charge in [0, 0.05) is 28.1 Å². The van der Waals surface area contributed by atoms with Gasteiger partial charge in [-0.3, -0.25) is 4.79 Å². The van der Waals surface area contributed by atoms with Gasteiger partial charge in [0.05, 0.1) is 16.5 Å². The Hall–Kier alpha value is -3.58. The first-order chi connectivity index (χ1) is 22.3. The fourth-order valence-electron chi connectivity index (χ4n) is 5.47. The highest BCUT2D eigenvalue weighted by molar-refractivity contribution is 5.83. The molecule has 0 bridgehead atoms. The van der Waals surface area contributed by atoms with Gasteiger partial charge in [0.25, 0.3) is 0 Å². The lowest BCUT2D eigenvalue weighted by molar-refractivity contribution is -0.242. The Morgan fingerprint density at radius 1 is 0.837 bits per heavy atom. The number of halogens is 6. The summed E-state index contributed by atoms with van der Waals surface area (Å²) >= 11 is 0. The number of esters is 1. The van der Waals surface area contributed by atoms with Crippen molar-refractivity contribution in [3.8, 4) is 16.9 Å². The molecule has 0 amide bonds. The third-order valence-corrected chi connectivity index (χ3v) is 8.90. The number of carbonyl (C=O) groups excluding carboxylic acids is 1. The van der Waals surface area contributed by atoms with Crippen LogP contribution in [0.5, 0.6) is 5.75 Å². The maximum absolute atomic E-state index is 14.3. The highest BCUT2D eigenvalue weighted by Gasteiger charge is 2.55. The Morgan fingerprint density at radius 2 is 1.49 bits per heavy atom. The molecule has 3 aromatic rings. The van der Waals surface area contributed by atoms with Crippen LogP contribution < -0.4 is 21.8 Å². The number of benzene rings is 2. The maximum atomic E-state index is 14.3. The van der Waals surface area contributed by atoms with Crippen LogP contribution in [0, 0.1) is 10.8 Å². The Labute approximate surface area is 282 Å². The Morgan fingerprint density at radius 3 is 2.04 bits per heavy atom. The molecule has 272 valence electrons. The molecular weight excluding hydrogens is 654 g/mol. The first-order valence-electron chi connectivity index (χ1n) is 16.0. The summed E-state index contributed by atoms with van der Waals surface area (Å²) < 4.78 is 101. The Bertz CT molecular complexity index is 1690. The average Bonchev–Trinajstić information content (AvgIpc) is 2.96. The van der Waals surface area contributed by atoms with Gasteiger partial charge in [-0.05, 0) is 90.6 Å². The molecule has 0 spiro atoms. The van der Waals surface area contributed by atoms with Gasteiger partial charge >= 0.3 is 23.9 Å². The number of hydrogen-bond acceptors (Lipinski definition) is 7. The molecule has 2 aromatic carbocycles. The van der Waals surface area contributed by atoms with Crippen molar-refractivity contribution < 1.29 is 45.0 Å². The van der Waals surface area contributed by atoms with E-state index in [1.54, 1.807) is 33.8 Å². The van der Waals surface area contributed by atoms with Crippen molar-refractivity contribution >= 4 is 16.9 Å². The maximum Gasteiger partial charge on any atom is 0.417 e. The van der Waals surface area contributed by atoms with Gasteiger partial charge in [0.2, 0.25) is 0 Å². The van der Waals surface area contributed by atoms with Crippen molar-refractivity contribution in [3.63, 3.8) is 0 Å². The van der Waals surface area contributed by atoms with Crippen LogP contribution in [0.3, 0.4) is 0 Å². The Kier molecular flexibility index (Phi) is 11.7. The third kappa shape index (κ3) is 9.56. The number of carbonyl (C=O) groups is 1. The summed E-state index contributed by atoms with van der Waals surface area (Å²) in [6, 6.07) is 8.90. The summed E-state index contributed by atoms with van der Waals surface area (Å²) in [4.78, 5) is 26.2. The lowest BCUT2D eigenvalue weighted by Gasteiger charge is -2.43. The standard InChI is InChI=1S/C36H46F6N2O5/c1-8-9-10-11-22-12-15-25(27(16-22)35(37,38)39)26-17-23-13-14-24(18-28(23)49-29(26)45)47-20-33(6,36(40,41)42)21-48-30(46)34(7,32(4,5)44)19-31(2,3)43/h12-18H,8-11,19-21,43-44H2,1-7H3. The second-order valence-corrected chi connectivity index (χ2v) is 14.6. The minimum Gasteiger partial charge on any atom is -0.492 e. The van der Waals surface area contributed by atoms with Gasteiger partial charge in [0.1, 0.15) is 30.0 Å². The quantitative estimate of drug-likeness (QED) is 0.0749. The third-order valence-electron chi connectivity index (χ3n) is 8.90. The van der Waals surface area contributed by atoms with E-state index in [1.165, 1.54) is 37.3 Å². The van der Waals surface area contributed by atoms with Crippen LogP contribution in [0.4, 0.5) is 26.3 Å². The van der Waals surface area contributed by atoms with Crippen LogP contribution in [-0.2, 0) is 22.1 Å². The van der Waals surface area contributed by atoms with Crippen molar-refractivity contribution in [1.29, 1.82) is 0 Å². The molecule has 0 fully saturated rings. The van der Waals surface area contributed by atoms with Crippen molar-refractivity contribution in [2.75, 3.05) is 13.2 Å². The van der Waals surface area contributed by atoms with Gasteiger partial charge in [-0.25, -0.2) is 4.79 Å². The van der Waals surface area contributed by atoms with E-state index in [2.05, 4.69) is 0 Å². The van der Waals surface area contributed by atoms with E-state index in [4.69, 9.17) is 25.4 Å². The molecule has 7 nitrogen and oxygen atoms in total. The molecule has 2 atom stereocenters. The average molecular weight is 701 g/mol. The van der Waals surface area contributed by atoms with Crippen LogP contribution in [0.25, 0.3) is 22.1 Å². The van der Waals surface area contributed by atoms with Crippen LogP contribution in [0.2, 0.25) is 0 Å². The first kappa shape index (κ1) is 39.9. The highest BCUT2D eigenvalue weighted by atomic mass is 19.4. The SMILES string of the molecule is CCCCCc1ccc(-c2cc3ccc(OCC(C)(COC(=O)C(C)(CC(C)(C)N)C(C)(C)N)C(F)(F)F)cc3oc2=O)c(C(F)(F)F)c1. The molecule has 0 aliphatic heterocycles. The molecule has 13 heteroatoms. The van der Waals surface area contributed by atoms with Crippen LogP contribution in [-0.4, -0.2) is 36.4 Å². The molecule has 1 aromatic heterocycles. The fourth-order valence-corrected chi connectivity index (χ4v) is 5.47. The molecule has 0 radical (unpaired) electrons. The van der Waals surface area contributed by atoms with E-state index in [0.717, 1.165) is 32.3 Å². The smallest absolute Gasteiger partial charge is 0.417 e. The van der Waals surface area contributed by atoms with E-state index in [1.807, 2.05) is 6.92 Å². The summed E-state index contributed by atoms with van der Waals surface area (Å²) in [7, 11) is 0. The minimum absolute atomic E-state index is 0.0352. The normalized spacial score (nSPS) is 15.5. The lowest BCUT2D eigenvalue weighted by Crippen LogP contribution is -2.58. The number of alkyl halides is 6. The molecule has 0 saturated carbocycles. The molecule has 0 aliphatic rings. The van der Waals surface area contributed by atoms with Gasteiger partial charge in [-0.15, -0.1) is 0 Å². The van der Waals surface area contributed by atoms with Gasteiger partial charge in [0.15, 0.2) is 0 Å². The molecule has 49 heavy (non-hydrogen) atoms. The van der Waals surface area contributed by atoms with Crippen molar-refractivity contribution in [3.05, 3.63) is 64.0 Å². The number of unbranched alkanes of at least 4 members (excludes halogenated alkanes) is 2. The number of ether oxygens (including phenoxy) is 2. The fraction of sp³-hybridized carbons (Fsp3) is 0.556. The zero-order chi connectivity index (χ0) is 37.2. The zero-order valence-electron chi connectivity index (χ0n) is 29.0. The number of hydrogen-bond donors (Lipinski definition) is 2. The van der Waals surface area contributed by atoms with Crippen molar-refractivity contribution in [1.82, 2.24) is 0 Å². The number of nitrogens with two attached hydrogens (primary N) is 2. The summed E-state index contributed by atoms with van der Waals surface area (Å²) in [5.74, 6) is -1.06. The zero-order valence-corrected chi connectivity index (χ0v) is 29.0. The molecule has 3 rings (SSSR count). The van der Waals surface area contributed by atoms with Crippen LogP contribution in [0.15, 0.2) is 51.7 Å². The predicted octanol–water partition coefficient (Wildman–Crippen LogP) is 8.57. The van der Waals surface area contributed by atoms with Crippen molar-refractivity contribution in [2.24, 2.45) is 22.3 Å². The molecule has 0 saturated heterocycles. The Balaban J connectivity index is 1.88. The van der Waals surface area contributed by atoms with Crippen LogP contribution in [0.1, 0.15) is 85.3 Å². The summed E-state index contributed by atoms with van der Waals surface area (Å²) in [6.45, 7) is 8.70. The predicted molar refractivity (Wildman–Crippen MR) is 176 cm³/mol. The first-order valence-corrected chi connectivity index (χ1v) is 16.0. The molecule has 2 unspecified atom stereocenters. The molecule has 4 N–H and O–H groups in total. The van der Waals surface area contributed by atoms with Crippen molar-refractivity contribution in [2.45, 2.75) is 104 Å². The van der Waals surface area contributed by atoms with E-state index < -0.39 is 64.6 Å². The monoisotopic (exact) mass is 700 g/mol. The lowest BCUT2D eigenvalue weighted by atomic mass is 9.67. The largest absolute Gasteiger partial charge is 0.492 e. The van der Waals surface area contributed by atoms with Crippen LogP contribution >= 0.6 is 0 Å². The summed E-state index contributed by atoms with van der Waals surface area (Å²) in [5.41, 5.74) is 3.89. The summed E-state index contributed by atoms with van der Waals surface area (Å²) in [6.07, 6.45) is -6.62. The molecular formula is C36H46F6N2O5.